The van der Waals surface area contributed by atoms with Crippen molar-refractivity contribution in [3.05, 3.63) is 12.3 Å². The van der Waals surface area contributed by atoms with Crippen molar-refractivity contribution in [1.29, 1.82) is 0 Å². The van der Waals surface area contributed by atoms with Gasteiger partial charge in [0.2, 0.25) is 0 Å². The third-order valence-corrected chi connectivity index (χ3v) is 1.54. The van der Waals surface area contributed by atoms with E-state index in [4.69, 9.17) is 0 Å². The maximum absolute atomic E-state index is 10.7. The second-order valence-corrected chi connectivity index (χ2v) is 2.28. The van der Waals surface area contributed by atoms with Crippen LogP contribution >= 0.6 is 0 Å². The van der Waals surface area contributed by atoms with Crippen LogP contribution in [0.25, 0.3) is 0 Å². The van der Waals surface area contributed by atoms with Gasteiger partial charge in [-0.1, -0.05) is 6.92 Å². The lowest BCUT2D eigenvalue weighted by Gasteiger charge is -2.16. The van der Waals surface area contributed by atoms with E-state index in [0.29, 0.717) is 12.5 Å². The minimum absolute atomic E-state index is 0.237. The zero-order valence-electron chi connectivity index (χ0n) is 5.55. The molecule has 2 nitrogen and oxygen atoms in total. The fraction of sp³-hybridized carbons (Fsp3) is 0.571. The number of hydrogen-bond acceptors (Lipinski definition) is 2. The van der Waals surface area contributed by atoms with E-state index in [-0.39, 0.29) is 5.78 Å². The van der Waals surface area contributed by atoms with Crippen LogP contribution in [0.5, 0.6) is 0 Å². The summed E-state index contributed by atoms with van der Waals surface area (Å²) in [5.41, 5.74) is 0. The van der Waals surface area contributed by atoms with E-state index >= 15 is 0 Å². The summed E-state index contributed by atoms with van der Waals surface area (Å²) in [6.45, 7) is 2.07. The highest BCUT2D eigenvalue weighted by atomic mass is 16.1. The van der Waals surface area contributed by atoms with E-state index in [1.165, 1.54) is 0 Å². The topological polar surface area (TPSA) is 29.1 Å². The van der Waals surface area contributed by atoms with Crippen molar-refractivity contribution in [2.24, 2.45) is 0 Å². The monoisotopic (exact) mass is 125 g/mol. The number of rotatable bonds is 1. The molecule has 0 saturated carbocycles. The molecule has 1 rings (SSSR count). The quantitative estimate of drug-likeness (QED) is 0.562. The van der Waals surface area contributed by atoms with Crippen LogP contribution in [-0.4, -0.2) is 11.8 Å². The molecule has 0 amide bonds. The molecule has 0 spiro atoms. The number of nitrogens with one attached hydrogen (secondary N) is 1. The van der Waals surface area contributed by atoms with E-state index in [0.717, 1.165) is 6.42 Å². The first-order valence-electron chi connectivity index (χ1n) is 3.28. The van der Waals surface area contributed by atoms with Gasteiger partial charge in [-0.3, -0.25) is 4.79 Å². The number of ketones is 1. The van der Waals surface area contributed by atoms with Crippen LogP contribution in [-0.2, 0) is 4.79 Å². The van der Waals surface area contributed by atoms with Gasteiger partial charge >= 0.3 is 0 Å². The molecule has 2 heteroatoms. The molecule has 1 unspecified atom stereocenters. The molecule has 9 heavy (non-hydrogen) atoms. The molecular formula is C7H11NO. The van der Waals surface area contributed by atoms with Crippen molar-refractivity contribution in [3.8, 4) is 0 Å². The van der Waals surface area contributed by atoms with E-state index in [2.05, 4.69) is 12.2 Å². The Hall–Kier alpha value is -0.790. The highest BCUT2D eigenvalue weighted by Crippen LogP contribution is 2.03. The molecule has 50 valence electrons. The highest BCUT2D eigenvalue weighted by molar-refractivity contribution is 5.90. The first kappa shape index (κ1) is 6.33. The fourth-order valence-electron chi connectivity index (χ4n) is 0.909. The first-order chi connectivity index (χ1) is 4.33. The summed E-state index contributed by atoms with van der Waals surface area (Å²) in [5, 5.41) is 3.10. The number of hydrogen-bond donors (Lipinski definition) is 1. The summed E-state index contributed by atoms with van der Waals surface area (Å²) in [6.07, 6.45) is 5.01. The van der Waals surface area contributed by atoms with E-state index in [9.17, 15) is 4.79 Å². The Morgan fingerprint density at radius 3 is 3.11 bits per heavy atom. The molecule has 0 radical (unpaired) electrons. The van der Waals surface area contributed by atoms with E-state index in [1.807, 2.05) is 0 Å². The minimum Gasteiger partial charge on any atom is -0.388 e. The third kappa shape index (κ3) is 1.56. The van der Waals surface area contributed by atoms with Gasteiger partial charge in [0.05, 0.1) is 0 Å². The molecule has 1 aliphatic rings. The second-order valence-electron chi connectivity index (χ2n) is 2.28. The van der Waals surface area contributed by atoms with Crippen molar-refractivity contribution in [1.82, 2.24) is 5.32 Å². The van der Waals surface area contributed by atoms with Crippen LogP contribution in [0.2, 0.25) is 0 Å². The van der Waals surface area contributed by atoms with Gasteiger partial charge in [0.15, 0.2) is 5.78 Å². The van der Waals surface area contributed by atoms with E-state index < -0.39 is 0 Å². The standard InChI is InChI=1S/C7H11NO/c1-2-6-5-7(9)3-4-8-6/h3-4,6,8H,2,5H2,1H3. The average Bonchev–Trinajstić information content (AvgIpc) is 1.88. The minimum atomic E-state index is 0.237. The summed E-state index contributed by atoms with van der Waals surface area (Å²) in [6, 6.07) is 0.377. The molecule has 0 fully saturated rings. The smallest absolute Gasteiger partial charge is 0.159 e. The van der Waals surface area contributed by atoms with Crippen molar-refractivity contribution < 1.29 is 4.79 Å². The van der Waals surface area contributed by atoms with Crippen LogP contribution in [0.1, 0.15) is 19.8 Å². The van der Waals surface area contributed by atoms with Gasteiger partial charge in [0.1, 0.15) is 0 Å². The lowest BCUT2D eigenvalue weighted by atomic mass is 10.1. The molecule has 1 aliphatic heterocycles. The Labute approximate surface area is 54.9 Å². The van der Waals surface area contributed by atoms with Crippen molar-refractivity contribution in [3.63, 3.8) is 0 Å². The SMILES string of the molecule is CCC1CC(=O)C=CN1. The Bertz CT molecular complexity index is 140. The molecule has 1 atom stereocenters. The lowest BCUT2D eigenvalue weighted by Crippen LogP contribution is -2.29. The Kier molecular flexibility index (Phi) is 1.88. The third-order valence-electron chi connectivity index (χ3n) is 1.54. The normalized spacial score (nSPS) is 25.9. The predicted octanol–water partition coefficient (Wildman–Crippen LogP) is 0.841. The van der Waals surface area contributed by atoms with Gasteiger partial charge in [0.25, 0.3) is 0 Å². The summed E-state index contributed by atoms with van der Waals surface area (Å²) in [5.74, 6) is 0.237. The Balaban J connectivity index is 2.47. The molecule has 1 heterocycles. The van der Waals surface area contributed by atoms with Crippen molar-refractivity contribution in [2.75, 3.05) is 0 Å². The molecular weight excluding hydrogens is 114 g/mol. The van der Waals surface area contributed by atoms with Crippen LogP contribution in [0, 0.1) is 0 Å². The highest BCUT2D eigenvalue weighted by Gasteiger charge is 2.11. The Morgan fingerprint density at radius 2 is 2.67 bits per heavy atom. The van der Waals surface area contributed by atoms with Crippen molar-refractivity contribution in [2.45, 2.75) is 25.8 Å². The van der Waals surface area contributed by atoms with Gasteiger partial charge in [-0.25, -0.2) is 0 Å². The van der Waals surface area contributed by atoms with Crippen LogP contribution in [0.15, 0.2) is 12.3 Å². The molecule has 0 aromatic rings. The molecule has 1 N–H and O–H groups in total. The molecule has 0 aromatic heterocycles. The maximum atomic E-state index is 10.7. The summed E-state index contributed by atoms with van der Waals surface area (Å²) in [4.78, 5) is 10.7. The fourth-order valence-corrected chi connectivity index (χ4v) is 0.909. The van der Waals surface area contributed by atoms with Gasteiger partial charge in [0, 0.05) is 18.7 Å². The largest absolute Gasteiger partial charge is 0.388 e. The van der Waals surface area contributed by atoms with Crippen LogP contribution < -0.4 is 5.32 Å². The van der Waals surface area contributed by atoms with Gasteiger partial charge < -0.3 is 5.32 Å². The Morgan fingerprint density at radius 1 is 1.89 bits per heavy atom. The molecule has 0 saturated heterocycles. The van der Waals surface area contributed by atoms with Gasteiger partial charge in [-0.2, -0.15) is 0 Å². The number of carbonyl (C=O) groups excluding carboxylic acids is 1. The maximum Gasteiger partial charge on any atom is 0.159 e. The molecule has 0 bridgehead atoms. The average molecular weight is 125 g/mol. The van der Waals surface area contributed by atoms with Crippen molar-refractivity contribution >= 4 is 5.78 Å². The molecule has 0 aromatic carbocycles. The second kappa shape index (κ2) is 2.67. The summed E-state index contributed by atoms with van der Waals surface area (Å²) < 4.78 is 0. The summed E-state index contributed by atoms with van der Waals surface area (Å²) in [7, 11) is 0. The van der Waals surface area contributed by atoms with Gasteiger partial charge in [-0.05, 0) is 12.5 Å². The van der Waals surface area contributed by atoms with Gasteiger partial charge in [-0.15, -0.1) is 0 Å². The van der Waals surface area contributed by atoms with Crippen LogP contribution in [0.3, 0.4) is 0 Å². The van der Waals surface area contributed by atoms with E-state index in [1.54, 1.807) is 12.3 Å². The zero-order chi connectivity index (χ0) is 6.69. The molecule has 0 aliphatic carbocycles. The zero-order valence-corrected chi connectivity index (χ0v) is 5.55. The van der Waals surface area contributed by atoms with Crippen LogP contribution in [0.4, 0.5) is 0 Å². The summed E-state index contributed by atoms with van der Waals surface area (Å²) >= 11 is 0. The number of carbonyl (C=O) groups is 1. The number of allylic oxidation sites excluding steroid dienone is 1. The predicted molar refractivity (Wildman–Crippen MR) is 36.0 cm³/mol. The lowest BCUT2D eigenvalue weighted by molar-refractivity contribution is -0.115. The first-order valence-corrected chi connectivity index (χ1v) is 3.28.